The molecule has 0 unspecified atom stereocenters. The van der Waals surface area contributed by atoms with E-state index in [0.717, 1.165) is 38.0 Å². The Morgan fingerprint density at radius 1 is 1.27 bits per heavy atom. The topological polar surface area (TPSA) is 65.5 Å². The summed E-state index contributed by atoms with van der Waals surface area (Å²) < 4.78 is 0. The first-order chi connectivity index (χ1) is 12.5. The van der Waals surface area contributed by atoms with Crippen molar-refractivity contribution in [1.82, 2.24) is 15.2 Å². The third-order valence-electron chi connectivity index (χ3n) is 6.06. The number of amides is 1. The number of hydrogen-bond acceptors (Lipinski definition) is 4. The molecule has 1 aromatic carbocycles. The zero-order chi connectivity index (χ0) is 18.3. The van der Waals surface area contributed by atoms with Gasteiger partial charge in [-0.15, -0.1) is 0 Å². The number of benzene rings is 1. The standard InChI is InChI=1S/C21H27N3O2/c1-13-5-6-15(18-4-3-7-22-21(13)18)10-24-11-16-8-19(23-14(2)25)20(26)9-17(16)12-24/h3-7,16-17,19-20,26H,8-12H2,1-2H3,(H,23,25)/t16-,17+,19-,20-/m1/s1. The molecule has 2 heterocycles. The summed E-state index contributed by atoms with van der Waals surface area (Å²) in [6, 6.07) is 8.44. The zero-order valence-electron chi connectivity index (χ0n) is 15.5. The van der Waals surface area contributed by atoms with Crippen LogP contribution < -0.4 is 5.32 Å². The van der Waals surface area contributed by atoms with E-state index in [1.54, 1.807) is 0 Å². The minimum absolute atomic E-state index is 0.0546. The second-order valence-electron chi connectivity index (χ2n) is 8.00. The molecule has 1 saturated heterocycles. The van der Waals surface area contributed by atoms with Gasteiger partial charge in [-0.25, -0.2) is 0 Å². The molecule has 5 heteroatoms. The number of likely N-dealkylation sites (tertiary alicyclic amines) is 1. The average Bonchev–Trinajstić information content (AvgIpc) is 2.99. The molecule has 0 radical (unpaired) electrons. The van der Waals surface area contributed by atoms with Crippen molar-refractivity contribution in [2.24, 2.45) is 11.8 Å². The Kier molecular flexibility index (Phi) is 4.67. The molecular weight excluding hydrogens is 326 g/mol. The molecule has 26 heavy (non-hydrogen) atoms. The third-order valence-corrected chi connectivity index (χ3v) is 6.06. The summed E-state index contributed by atoms with van der Waals surface area (Å²) >= 11 is 0. The van der Waals surface area contributed by atoms with Gasteiger partial charge in [-0.3, -0.25) is 14.7 Å². The highest BCUT2D eigenvalue weighted by atomic mass is 16.3. The number of hydrogen-bond donors (Lipinski definition) is 2. The number of carbonyl (C=O) groups is 1. The molecule has 2 aromatic rings. The number of pyridine rings is 1. The van der Waals surface area contributed by atoms with Crippen molar-refractivity contribution >= 4 is 16.8 Å². The lowest BCUT2D eigenvalue weighted by atomic mass is 9.77. The van der Waals surface area contributed by atoms with Crippen molar-refractivity contribution in [3.63, 3.8) is 0 Å². The molecule has 2 N–H and O–H groups in total. The Bertz CT molecular complexity index is 822. The van der Waals surface area contributed by atoms with Crippen LogP contribution in [0.4, 0.5) is 0 Å². The fraction of sp³-hybridized carbons (Fsp3) is 0.524. The summed E-state index contributed by atoms with van der Waals surface area (Å²) in [4.78, 5) is 18.4. The first-order valence-electron chi connectivity index (χ1n) is 9.52. The second kappa shape index (κ2) is 6.97. The van der Waals surface area contributed by atoms with E-state index in [1.807, 2.05) is 12.3 Å². The minimum Gasteiger partial charge on any atom is -0.391 e. The van der Waals surface area contributed by atoms with Crippen LogP contribution in [-0.4, -0.2) is 46.1 Å². The van der Waals surface area contributed by atoms with E-state index in [-0.39, 0.29) is 11.9 Å². The van der Waals surface area contributed by atoms with Crippen LogP contribution in [0.15, 0.2) is 30.5 Å². The minimum atomic E-state index is -0.426. The normalized spacial score (nSPS) is 28.9. The lowest BCUT2D eigenvalue weighted by molar-refractivity contribution is -0.121. The fourth-order valence-electron chi connectivity index (χ4n) is 4.82. The first-order valence-corrected chi connectivity index (χ1v) is 9.52. The quantitative estimate of drug-likeness (QED) is 0.888. The van der Waals surface area contributed by atoms with Gasteiger partial charge in [0, 0.05) is 38.1 Å². The van der Waals surface area contributed by atoms with Crippen LogP contribution in [0, 0.1) is 18.8 Å². The molecule has 2 aliphatic rings. The van der Waals surface area contributed by atoms with E-state index in [2.05, 4.69) is 40.3 Å². The molecule has 1 aromatic heterocycles. The van der Waals surface area contributed by atoms with Crippen molar-refractivity contribution in [1.29, 1.82) is 0 Å². The molecule has 1 aliphatic heterocycles. The number of nitrogens with one attached hydrogen (secondary N) is 1. The number of nitrogens with zero attached hydrogens (tertiary/aromatic N) is 2. The molecule has 1 aliphatic carbocycles. The number of aromatic nitrogens is 1. The van der Waals surface area contributed by atoms with Gasteiger partial charge in [0.15, 0.2) is 0 Å². The van der Waals surface area contributed by atoms with Gasteiger partial charge in [-0.05, 0) is 48.8 Å². The molecule has 4 atom stereocenters. The Morgan fingerprint density at radius 2 is 2.04 bits per heavy atom. The molecule has 4 rings (SSSR count). The summed E-state index contributed by atoms with van der Waals surface area (Å²) in [6.07, 6.45) is 3.08. The SMILES string of the molecule is CC(=O)N[C@@H]1C[C@@H]2CN(Cc3ccc(C)c4ncccc34)C[C@@H]2C[C@H]1O. The Hall–Kier alpha value is -1.98. The summed E-state index contributed by atoms with van der Waals surface area (Å²) in [7, 11) is 0. The number of aryl methyl sites for hydroxylation is 1. The predicted molar refractivity (Wildman–Crippen MR) is 102 cm³/mol. The maximum atomic E-state index is 11.4. The fourth-order valence-corrected chi connectivity index (χ4v) is 4.82. The molecule has 1 saturated carbocycles. The van der Waals surface area contributed by atoms with E-state index in [0.29, 0.717) is 11.8 Å². The summed E-state index contributed by atoms with van der Waals surface area (Å²) in [5.74, 6) is 1.01. The zero-order valence-corrected chi connectivity index (χ0v) is 15.5. The van der Waals surface area contributed by atoms with Crippen molar-refractivity contribution < 1.29 is 9.90 Å². The number of rotatable bonds is 3. The predicted octanol–water partition coefficient (Wildman–Crippen LogP) is 2.25. The van der Waals surface area contributed by atoms with Crippen molar-refractivity contribution in [3.8, 4) is 0 Å². The van der Waals surface area contributed by atoms with Crippen molar-refractivity contribution in [2.75, 3.05) is 13.1 Å². The van der Waals surface area contributed by atoms with Gasteiger partial charge in [0.2, 0.25) is 5.91 Å². The lowest BCUT2D eigenvalue weighted by Gasteiger charge is -2.35. The van der Waals surface area contributed by atoms with Crippen LogP contribution in [0.5, 0.6) is 0 Å². The van der Waals surface area contributed by atoms with Crippen LogP contribution in [0.2, 0.25) is 0 Å². The smallest absolute Gasteiger partial charge is 0.217 e. The highest BCUT2D eigenvalue weighted by Crippen LogP contribution is 2.37. The molecule has 2 fully saturated rings. The van der Waals surface area contributed by atoms with Gasteiger partial charge >= 0.3 is 0 Å². The highest BCUT2D eigenvalue weighted by molar-refractivity contribution is 5.84. The molecule has 0 spiro atoms. The molecular formula is C21H27N3O2. The van der Waals surface area contributed by atoms with Gasteiger partial charge in [0.1, 0.15) is 0 Å². The number of carbonyl (C=O) groups excluding carboxylic acids is 1. The van der Waals surface area contributed by atoms with Gasteiger partial charge in [0.05, 0.1) is 17.7 Å². The van der Waals surface area contributed by atoms with E-state index < -0.39 is 6.10 Å². The molecule has 5 nitrogen and oxygen atoms in total. The molecule has 1 amide bonds. The van der Waals surface area contributed by atoms with E-state index in [1.165, 1.54) is 23.4 Å². The van der Waals surface area contributed by atoms with Gasteiger partial charge in [0.25, 0.3) is 0 Å². The van der Waals surface area contributed by atoms with E-state index in [4.69, 9.17) is 0 Å². The number of fused-ring (bicyclic) bond motifs is 2. The second-order valence-corrected chi connectivity index (χ2v) is 8.00. The average molecular weight is 353 g/mol. The summed E-state index contributed by atoms with van der Waals surface area (Å²) in [5.41, 5.74) is 3.61. The monoisotopic (exact) mass is 353 g/mol. The lowest BCUT2D eigenvalue weighted by Crippen LogP contribution is -2.48. The summed E-state index contributed by atoms with van der Waals surface area (Å²) in [5, 5.41) is 14.5. The molecule has 138 valence electrons. The Balaban J connectivity index is 1.49. The van der Waals surface area contributed by atoms with Crippen LogP contribution in [0.1, 0.15) is 30.9 Å². The Morgan fingerprint density at radius 3 is 2.81 bits per heavy atom. The van der Waals surface area contributed by atoms with Gasteiger partial charge in [-0.1, -0.05) is 18.2 Å². The van der Waals surface area contributed by atoms with E-state index in [9.17, 15) is 9.90 Å². The number of aliphatic hydroxyl groups is 1. The van der Waals surface area contributed by atoms with Crippen molar-refractivity contribution in [3.05, 3.63) is 41.6 Å². The maximum absolute atomic E-state index is 11.4. The number of aliphatic hydroxyl groups excluding tert-OH is 1. The van der Waals surface area contributed by atoms with Gasteiger partial charge in [-0.2, -0.15) is 0 Å². The van der Waals surface area contributed by atoms with Gasteiger partial charge < -0.3 is 10.4 Å². The third kappa shape index (κ3) is 3.33. The van der Waals surface area contributed by atoms with Crippen LogP contribution in [-0.2, 0) is 11.3 Å². The highest BCUT2D eigenvalue weighted by Gasteiger charge is 2.41. The molecule has 0 bridgehead atoms. The van der Waals surface area contributed by atoms with E-state index >= 15 is 0 Å². The van der Waals surface area contributed by atoms with Crippen LogP contribution in [0.25, 0.3) is 10.9 Å². The van der Waals surface area contributed by atoms with Crippen LogP contribution in [0.3, 0.4) is 0 Å². The largest absolute Gasteiger partial charge is 0.391 e. The van der Waals surface area contributed by atoms with Crippen molar-refractivity contribution in [2.45, 2.75) is 45.4 Å². The Labute approximate surface area is 154 Å². The maximum Gasteiger partial charge on any atom is 0.217 e. The first kappa shape index (κ1) is 17.4. The summed E-state index contributed by atoms with van der Waals surface area (Å²) in [6.45, 7) is 6.59. The van der Waals surface area contributed by atoms with Crippen LogP contribution >= 0.6 is 0 Å².